The molecule has 0 aromatic heterocycles. The van der Waals surface area contributed by atoms with Gasteiger partial charge in [0.15, 0.2) is 0 Å². The number of aliphatic carboxylic acids is 1. The van der Waals surface area contributed by atoms with Gasteiger partial charge in [0.1, 0.15) is 12.1 Å². The van der Waals surface area contributed by atoms with Crippen molar-refractivity contribution in [2.45, 2.75) is 53.1 Å². The molecule has 0 saturated heterocycles. The molecule has 3 amide bonds. The zero-order chi connectivity index (χ0) is 16.6. The van der Waals surface area contributed by atoms with Crippen molar-refractivity contribution >= 4 is 17.9 Å². The maximum Gasteiger partial charge on any atom is 0.326 e. The Morgan fingerprint density at radius 1 is 0.952 bits per heavy atom. The number of carbonyl (C=O) groups is 3. The lowest BCUT2D eigenvalue weighted by molar-refractivity contribution is -0.139. The largest absolute Gasteiger partial charge is 0.480 e. The van der Waals surface area contributed by atoms with E-state index >= 15 is 0 Å². The number of carbonyl (C=O) groups excluding carboxylic acids is 2. The molecule has 0 aliphatic carbocycles. The zero-order valence-electron chi connectivity index (χ0n) is 13.4. The normalized spacial score (nSPS) is 13.7. The predicted octanol–water partition coefficient (Wildman–Crippen LogP) is 0.946. The second-order valence-corrected chi connectivity index (χ2v) is 6.00. The van der Waals surface area contributed by atoms with Gasteiger partial charge in [0.05, 0.1) is 0 Å². The van der Waals surface area contributed by atoms with E-state index in [-0.39, 0.29) is 11.8 Å². The summed E-state index contributed by atoms with van der Waals surface area (Å²) in [5.41, 5.74) is 0. The van der Waals surface area contributed by atoms with Crippen LogP contribution in [0.4, 0.5) is 4.79 Å². The molecular weight excluding hydrogens is 274 g/mol. The number of hydrogen-bond acceptors (Lipinski definition) is 3. The van der Waals surface area contributed by atoms with E-state index in [2.05, 4.69) is 16.0 Å². The second-order valence-electron chi connectivity index (χ2n) is 6.00. The summed E-state index contributed by atoms with van der Waals surface area (Å²) in [6.07, 6.45) is 0.330. The Labute approximate surface area is 125 Å². The fraction of sp³-hybridized carbons (Fsp3) is 0.786. The van der Waals surface area contributed by atoms with E-state index in [0.29, 0.717) is 18.9 Å². The first-order chi connectivity index (χ1) is 9.63. The van der Waals surface area contributed by atoms with Crippen LogP contribution in [0, 0.1) is 11.8 Å². The fourth-order valence-corrected chi connectivity index (χ4v) is 1.61. The van der Waals surface area contributed by atoms with Gasteiger partial charge in [-0.1, -0.05) is 27.7 Å². The Morgan fingerprint density at radius 3 is 1.95 bits per heavy atom. The summed E-state index contributed by atoms with van der Waals surface area (Å²) >= 11 is 0. The SMILES string of the molecule is CC(C)CNC(=O)C(C)NC(=O)NC(CC(C)C)C(=O)O. The van der Waals surface area contributed by atoms with Gasteiger partial charge in [0.2, 0.25) is 5.91 Å². The van der Waals surface area contributed by atoms with Gasteiger partial charge in [-0.05, 0) is 25.2 Å². The third-order valence-electron chi connectivity index (χ3n) is 2.74. The van der Waals surface area contributed by atoms with Crippen molar-refractivity contribution in [3.05, 3.63) is 0 Å². The van der Waals surface area contributed by atoms with Gasteiger partial charge >= 0.3 is 12.0 Å². The molecule has 0 radical (unpaired) electrons. The number of carboxylic acids is 1. The Kier molecular flexibility index (Phi) is 8.42. The fourth-order valence-electron chi connectivity index (χ4n) is 1.61. The molecule has 122 valence electrons. The first kappa shape index (κ1) is 19.2. The topological polar surface area (TPSA) is 108 Å². The van der Waals surface area contributed by atoms with Crippen LogP contribution < -0.4 is 16.0 Å². The van der Waals surface area contributed by atoms with Crippen molar-refractivity contribution in [2.75, 3.05) is 6.54 Å². The Bertz CT molecular complexity index is 369. The van der Waals surface area contributed by atoms with Crippen molar-refractivity contribution in [3.8, 4) is 0 Å². The molecule has 2 atom stereocenters. The standard InChI is InChI=1S/C14H27N3O4/c1-8(2)6-11(13(19)20)17-14(21)16-10(5)12(18)15-7-9(3)4/h8-11H,6-7H2,1-5H3,(H,15,18)(H,19,20)(H2,16,17,21). The molecule has 0 saturated carbocycles. The highest BCUT2D eigenvalue weighted by Crippen LogP contribution is 2.04. The summed E-state index contributed by atoms with van der Waals surface area (Å²) in [5, 5.41) is 16.5. The van der Waals surface area contributed by atoms with Gasteiger partial charge < -0.3 is 21.1 Å². The van der Waals surface area contributed by atoms with E-state index < -0.39 is 24.1 Å². The van der Waals surface area contributed by atoms with Crippen LogP contribution in [-0.4, -0.2) is 41.6 Å². The molecule has 0 aromatic carbocycles. The molecule has 0 aliphatic rings. The van der Waals surface area contributed by atoms with Crippen molar-refractivity contribution in [2.24, 2.45) is 11.8 Å². The van der Waals surface area contributed by atoms with Gasteiger partial charge in [-0.25, -0.2) is 9.59 Å². The number of urea groups is 1. The van der Waals surface area contributed by atoms with Crippen molar-refractivity contribution < 1.29 is 19.5 Å². The number of amides is 3. The highest BCUT2D eigenvalue weighted by molar-refractivity contribution is 5.88. The molecule has 0 fully saturated rings. The minimum absolute atomic E-state index is 0.137. The van der Waals surface area contributed by atoms with E-state index in [9.17, 15) is 14.4 Å². The molecule has 0 spiro atoms. The number of nitrogens with one attached hydrogen (secondary N) is 3. The molecule has 7 nitrogen and oxygen atoms in total. The summed E-state index contributed by atoms with van der Waals surface area (Å²) in [5.74, 6) is -0.930. The van der Waals surface area contributed by atoms with Crippen LogP contribution in [-0.2, 0) is 9.59 Å². The maximum absolute atomic E-state index is 11.7. The van der Waals surface area contributed by atoms with Crippen molar-refractivity contribution in [1.29, 1.82) is 0 Å². The van der Waals surface area contributed by atoms with Gasteiger partial charge in [0.25, 0.3) is 0 Å². The van der Waals surface area contributed by atoms with Crippen molar-refractivity contribution in [3.63, 3.8) is 0 Å². The van der Waals surface area contributed by atoms with Gasteiger partial charge in [-0.3, -0.25) is 4.79 Å². The number of hydrogen-bond donors (Lipinski definition) is 4. The molecular formula is C14H27N3O4. The summed E-state index contributed by atoms with van der Waals surface area (Å²) in [6.45, 7) is 9.75. The molecule has 21 heavy (non-hydrogen) atoms. The summed E-state index contributed by atoms with van der Waals surface area (Å²) in [4.78, 5) is 34.5. The first-order valence-corrected chi connectivity index (χ1v) is 7.21. The zero-order valence-corrected chi connectivity index (χ0v) is 13.4. The van der Waals surface area contributed by atoms with E-state index in [4.69, 9.17) is 5.11 Å². The van der Waals surface area contributed by atoms with Gasteiger partial charge in [0, 0.05) is 6.54 Å². The maximum atomic E-state index is 11.7. The monoisotopic (exact) mass is 301 g/mol. The van der Waals surface area contributed by atoms with Gasteiger partial charge in [-0.2, -0.15) is 0 Å². The van der Waals surface area contributed by atoms with Crippen LogP contribution in [0.25, 0.3) is 0 Å². The molecule has 2 unspecified atom stereocenters. The van der Waals surface area contributed by atoms with Crippen LogP contribution in [0.1, 0.15) is 41.0 Å². The highest BCUT2D eigenvalue weighted by Gasteiger charge is 2.23. The lowest BCUT2D eigenvalue weighted by atomic mass is 10.0. The van der Waals surface area contributed by atoms with E-state index in [1.54, 1.807) is 6.92 Å². The van der Waals surface area contributed by atoms with Crippen LogP contribution in [0.5, 0.6) is 0 Å². The van der Waals surface area contributed by atoms with Crippen LogP contribution >= 0.6 is 0 Å². The van der Waals surface area contributed by atoms with E-state index in [1.807, 2.05) is 27.7 Å². The number of carboxylic acid groups (broad SMARTS) is 1. The molecule has 0 aliphatic heterocycles. The van der Waals surface area contributed by atoms with Crippen molar-refractivity contribution in [1.82, 2.24) is 16.0 Å². The second kappa shape index (κ2) is 9.20. The van der Waals surface area contributed by atoms with Crippen LogP contribution in [0.2, 0.25) is 0 Å². The summed E-state index contributed by atoms with van der Waals surface area (Å²) < 4.78 is 0. The average Bonchev–Trinajstić information content (AvgIpc) is 2.33. The van der Waals surface area contributed by atoms with E-state index in [1.165, 1.54) is 0 Å². The first-order valence-electron chi connectivity index (χ1n) is 7.21. The Balaban J connectivity index is 4.33. The average molecular weight is 301 g/mol. The van der Waals surface area contributed by atoms with Crippen LogP contribution in [0.15, 0.2) is 0 Å². The third kappa shape index (κ3) is 8.88. The molecule has 4 N–H and O–H groups in total. The lowest BCUT2D eigenvalue weighted by Crippen LogP contribution is -2.52. The van der Waals surface area contributed by atoms with Gasteiger partial charge in [-0.15, -0.1) is 0 Å². The minimum Gasteiger partial charge on any atom is -0.480 e. The quantitative estimate of drug-likeness (QED) is 0.535. The predicted molar refractivity (Wildman–Crippen MR) is 79.9 cm³/mol. The summed E-state index contributed by atoms with van der Waals surface area (Å²) in [6, 6.07) is -2.34. The molecule has 0 bridgehead atoms. The molecule has 0 aromatic rings. The smallest absolute Gasteiger partial charge is 0.326 e. The van der Waals surface area contributed by atoms with E-state index in [0.717, 1.165) is 0 Å². The third-order valence-corrected chi connectivity index (χ3v) is 2.74. The highest BCUT2D eigenvalue weighted by atomic mass is 16.4. The molecule has 0 heterocycles. The minimum atomic E-state index is -1.09. The molecule has 7 heteroatoms. The molecule has 0 rings (SSSR count). The lowest BCUT2D eigenvalue weighted by Gasteiger charge is -2.19. The van der Waals surface area contributed by atoms with Crippen LogP contribution in [0.3, 0.4) is 0 Å². The Morgan fingerprint density at radius 2 is 1.52 bits per heavy atom. The number of rotatable bonds is 8. The Hall–Kier alpha value is -1.79. The summed E-state index contributed by atoms with van der Waals surface area (Å²) in [7, 11) is 0.